The number of nitrogens with zero attached hydrogens (tertiary/aromatic N) is 1. The molecule has 1 unspecified atom stereocenters. The van der Waals surface area contributed by atoms with Gasteiger partial charge in [0.15, 0.2) is 0 Å². The van der Waals surface area contributed by atoms with Gasteiger partial charge in [0, 0.05) is 35.2 Å². The summed E-state index contributed by atoms with van der Waals surface area (Å²) < 4.78 is 39.0. The molecule has 134 valence electrons. The second kappa shape index (κ2) is 6.07. The summed E-state index contributed by atoms with van der Waals surface area (Å²) >= 11 is 0. The van der Waals surface area contributed by atoms with Crippen molar-refractivity contribution in [3.05, 3.63) is 35.0 Å². The third-order valence-electron chi connectivity index (χ3n) is 5.52. The van der Waals surface area contributed by atoms with Crippen LogP contribution in [0.15, 0.2) is 18.2 Å². The number of aromatic nitrogens is 1. The van der Waals surface area contributed by atoms with Gasteiger partial charge < -0.3 is 9.88 Å². The van der Waals surface area contributed by atoms with E-state index in [1.165, 1.54) is 16.2 Å². The highest BCUT2D eigenvalue weighted by Gasteiger charge is 2.42. The summed E-state index contributed by atoms with van der Waals surface area (Å²) in [6.07, 6.45) is 0.590. The maximum Gasteiger partial charge on any atom is 0.393 e. The number of aryl methyl sites for hydroxylation is 2. The zero-order valence-electron chi connectivity index (χ0n) is 14.0. The predicted octanol–water partition coefficient (Wildman–Crippen LogP) is 4.46. The molecule has 1 aromatic heterocycles. The Morgan fingerprint density at radius 2 is 1.96 bits per heavy atom. The molecular formula is C19H21F3N2O. The number of carbonyl (C=O) groups is 1. The Kier molecular flexibility index (Phi) is 4.01. The van der Waals surface area contributed by atoms with Gasteiger partial charge in [-0.05, 0) is 62.3 Å². The molecule has 1 aliphatic carbocycles. The lowest BCUT2D eigenvalue weighted by Gasteiger charge is -2.33. The van der Waals surface area contributed by atoms with Crippen LogP contribution in [0.4, 0.5) is 13.2 Å². The summed E-state index contributed by atoms with van der Waals surface area (Å²) in [5.74, 6) is -1.70. The number of aromatic amines is 1. The number of halogens is 3. The minimum Gasteiger partial charge on any atom is -0.358 e. The molecule has 2 aromatic rings. The molecule has 1 aliphatic heterocycles. The van der Waals surface area contributed by atoms with Gasteiger partial charge in [0.25, 0.3) is 5.91 Å². The highest BCUT2D eigenvalue weighted by molar-refractivity contribution is 5.99. The molecule has 0 spiro atoms. The van der Waals surface area contributed by atoms with Gasteiger partial charge in [0.2, 0.25) is 0 Å². The Morgan fingerprint density at radius 1 is 1.16 bits per heavy atom. The van der Waals surface area contributed by atoms with E-state index in [4.69, 9.17) is 0 Å². The average molecular weight is 350 g/mol. The molecule has 1 fully saturated rings. The molecular weight excluding hydrogens is 329 g/mol. The van der Waals surface area contributed by atoms with Crippen LogP contribution in [-0.2, 0) is 12.8 Å². The van der Waals surface area contributed by atoms with E-state index in [1.807, 2.05) is 12.1 Å². The van der Waals surface area contributed by atoms with Gasteiger partial charge in [-0.15, -0.1) is 0 Å². The summed E-state index contributed by atoms with van der Waals surface area (Å²) in [6, 6.07) is 5.46. The van der Waals surface area contributed by atoms with Crippen molar-refractivity contribution < 1.29 is 18.0 Å². The quantitative estimate of drug-likeness (QED) is 0.810. The SMILES string of the molecule is O=C(c1ccc2[nH]c3c(c2c1)CCCC3)N1CCCC(C(F)(F)F)C1. The number of amides is 1. The molecule has 2 aliphatic rings. The number of carbonyl (C=O) groups excluding carboxylic acids is 1. The van der Waals surface area contributed by atoms with Crippen LogP contribution in [0.3, 0.4) is 0 Å². The molecule has 1 saturated heterocycles. The van der Waals surface area contributed by atoms with E-state index in [0.717, 1.165) is 36.6 Å². The summed E-state index contributed by atoms with van der Waals surface area (Å²) in [5, 5.41) is 1.05. The van der Waals surface area contributed by atoms with Crippen LogP contribution in [0, 0.1) is 5.92 Å². The number of hydrogen-bond acceptors (Lipinski definition) is 1. The summed E-state index contributed by atoms with van der Waals surface area (Å²) in [5.41, 5.74) is 4.00. The molecule has 0 saturated carbocycles. The van der Waals surface area contributed by atoms with Crippen LogP contribution in [-0.4, -0.2) is 35.1 Å². The van der Waals surface area contributed by atoms with Crippen molar-refractivity contribution in [2.24, 2.45) is 5.92 Å². The highest BCUT2D eigenvalue weighted by atomic mass is 19.4. The van der Waals surface area contributed by atoms with Gasteiger partial charge in [0.1, 0.15) is 0 Å². The van der Waals surface area contributed by atoms with Gasteiger partial charge >= 0.3 is 6.18 Å². The normalized spacial score (nSPS) is 21.4. The summed E-state index contributed by atoms with van der Waals surface area (Å²) in [4.78, 5) is 17.5. The maximum atomic E-state index is 13.0. The Morgan fingerprint density at radius 3 is 2.76 bits per heavy atom. The average Bonchev–Trinajstić information content (AvgIpc) is 2.98. The molecule has 1 aromatic carbocycles. The molecule has 1 atom stereocenters. The topological polar surface area (TPSA) is 36.1 Å². The molecule has 2 heterocycles. The maximum absolute atomic E-state index is 13.0. The number of fused-ring (bicyclic) bond motifs is 3. The van der Waals surface area contributed by atoms with Gasteiger partial charge in [-0.2, -0.15) is 13.2 Å². The lowest BCUT2D eigenvalue weighted by molar-refractivity contribution is -0.184. The Labute approximate surface area is 144 Å². The number of rotatable bonds is 1. The van der Waals surface area contributed by atoms with Crippen LogP contribution in [0.1, 0.15) is 47.3 Å². The van der Waals surface area contributed by atoms with Crippen molar-refractivity contribution in [2.75, 3.05) is 13.1 Å². The largest absolute Gasteiger partial charge is 0.393 e. The lowest BCUT2D eigenvalue weighted by Crippen LogP contribution is -2.44. The van der Waals surface area contributed by atoms with Gasteiger partial charge in [-0.25, -0.2) is 0 Å². The third-order valence-corrected chi connectivity index (χ3v) is 5.52. The zero-order chi connectivity index (χ0) is 17.6. The minimum atomic E-state index is -4.23. The van der Waals surface area contributed by atoms with Crippen molar-refractivity contribution in [3.8, 4) is 0 Å². The Bertz CT molecular complexity index is 809. The Hall–Kier alpha value is -1.98. The van der Waals surface area contributed by atoms with E-state index >= 15 is 0 Å². The van der Waals surface area contributed by atoms with Crippen molar-refractivity contribution in [2.45, 2.75) is 44.7 Å². The fraction of sp³-hybridized carbons (Fsp3) is 0.526. The molecule has 0 radical (unpaired) electrons. The molecule has 0 bridgehead atoms. The molecule has 4 rings (SSSR count). The number of likely N-dealkylation sites (tertiary alicyclic amines) is 1. The first-order chi connectivity index (χ1) is 11.9. The number of benzene rings is 1. The number of nitrogens with one attached hydrogen (secondary N) is 1. The third kappa shape index (κ3) is 3.02. The van der Waals surface area contributed by atoms with Crippen molar-refractivity contribution in [1.82, 2.24) is 9.88 Å². The summed E-state index contributed by atoms with van der Waals surface area (Å²) in [6.45, 7) is 0.167. The van der Waals surface area contributed by atoms with Crippen LogP contribution in [0.2, 0.25) is 0 Å². The van der Waals surface area contributed by atoms with Crippen LogP contribution < -0.4 is 0 Å². The smallest absolute Gasteiger partial charge is 0.358 e. The standard InChI is InChI=1S/C19H21F3N2O/c20-19(21,22)13-4-3-9-24(11-13)18(25)12-7-8-17-15(10-12)14-5-1-2-6-16(14)23-17/h7-8,10,13,23H,1-6,9,11H2. The Balaban J connectivity index is 1.61. The fourth-order valence-corrected chi connectivity index (χ4v) is 4.15. The zero-order valence-corrected chi connectivity index (χ0v) is 14.0. The highest BCUT2D eigenvalue weighted by Crippen LogP contribution is 2.34. The van der Waals surface area contributed by atoms with Crippen molar-refractivity contribution in [1.29, 1.82) is 0 Å². The number of hydrogen-bond donors (Lipinski definition) is 1. The molecule has 1 amide bonds. The van der Waals surface area contributed by atoms with Gasteiger partial charge in [0.05, 0.1) is 5.92 Å². The van der Waals surface area contributed by atoms with E-state index in [9.17, 15) is 18.0 Å². The van der Waals surface area contributed by atoms with Gasteiger partial charge in [-0.1, -0.05) is 0 Å². The van der Waals surface area contributed by atoms with Crippen molar-refractivity contribution >= 4 is 16.8 Å². The van der Waals surface area contributed by atoms with E-state index < -0.39 is 12.1 Å². The fourth-order valence-electron chi connectivity index (χ4n) is 4.15. The van der Waals surface area contributed by atoms with E-state index in [1.54, 1.807) is 6.07 Å². The first kappa shape index (κ1) is 16.5. The first-order valence-electron chi connectivity index (χ1n) is 8.93. The van der Waals surface area contributed by atoms with Crippen LogP contribution in [0.5, 0.6) is 0 Å². The second-order valence-electron chi connectivity index (χ2n) is 7.18. The number of alkyl halides is 3. The van der Waals surface area contributed by atoms with E-state index in [-0.39, 0.29) is 18.9 Å². The molecule has 1 N–H and O–H groups in total. The molecule has 3 nitrogen and oxygen atoms in total. The predicted molar refractivity (Wildman–Crippen MR) is 89.6 cm³/mol. The van der Waals surface area contributed by atoms with Crippen LogP contribution in [0.25, 0.3) is 10.9 Å². The van der Waals surface area contributed by atoms with E-state index in [2.05, 4.69) is 4.98 Å². The number of H-pyrrole nitrogens is 1. The molecule has 25 heavy (non-hydrogen) atoms. The minimum absolute atomic E-state index is 0.109. The van der Waals surface area contributed by atoms with Crippen molar-refractivity contribution in [3.63, 3.8) is 0 Å². The first-order valence-corrected chi connectivity index (χ1v) is 8.93. The van der Waals surface area contributed by atoms with E-state index in [0.29, 0.717) is 18.5 Å². The lowest BCUT2D eigenvalue weighted by atomic mass is 9.94. The van der Waals surface area contributed by atoms with Crippen LogP contribution >= 0.6 is 0 Å². The van der Waals surface area contributed by atoms with Gasteiger partial charge in [-0.3, -0.25) is 4.79 Å². The second-order valence-corrected chi connectivity index (χ2v) is 7.18. The monoisotopic (exact) mass is 350 g/mol. The summed E-state index contributed by atoms with van der Waals surface area (Å²) in [7, 11) is 0. The molecule has 6 heteroatoms. The number of piperidine rings is 1.